The van der Waals surface area contributed by atoms with E-state index in [4.69, 9.17) is 0 Å². The van der Waals surface area contributed by atoms with Crippen molar-refractivity contribution in [3.63, 3.8) is 0 Å². The van der Waals surface area contributed by atoms with E-state index in [1.165, 1.54) is 4.31 Å². The highest BCUT2D eigenvalue weighted by Gasteiger charge is 2.33. The average molecular weight is 403 g/mol. The number of unbranched alkanes of at least 4 members (excludes halogenated alkanes) is 1. The van der Waals surface area contributed by atoms with E-state index in [2.05, 4.69) is 6.92 Å². The van der Waals surface area contributed by atoms with Gasteiger partial charge in [-0.05, 0) is 49.1 Å². The summed E-state index contributed by atoms with van der Waals surface area (Å²) < 4.78 is 27.7. The van der Waals surface area contributed by atoms with Gasteiger partial charge in [0.05, 0.1) is 4.90 Å². The van der Waals surface area contributed by atoms with Gasteiger partial charge in [-0.2, -0.15) is 4.31 Å². The zero-order valence-electron chi connectivity index (χ0n) is 16.8. The van der Waals surface area contributed by atoms with Gasteiger partial charge in [-0.1, -0.05) is 43.7 Å². The third-order valence-corrected chi connectivity index (χ3v) is 7.53. The van der Waals surface area contributed by atoms with E-state index in [0.29, 0.717) is 37.4 Å². The molecule has 1 aliphatic heterocycles. The number of sulfonamides is 1. The first-order valence-electron chi connectivity index (χ1n) is 10.2. The molecule has 0 aliphatic carbocycles. The normalized spacial score (nSPS) is 16.4. The van der Waals surface area contributed by atoms with Crippen LogP contribution in [0.4, 0.5) is 0 Å². The first kappa shape index (κ1) is 20.8. The van der Waals surface area contributed by atoms with Crippen LogP contribution < -0.4 is 0 Å². The standard InChI is InChI=1S/C22H30N2O3S/c1-3-5-14-23(4-2)22(25)19-12-15-24(16-13-19)28(26,27)21-11-10-18-8-6-7-9-20(18)17-21/h6-11,17,19H,3-5,12-16H2,1-2H3. The van der Waals surface area contributed by atoms with Crippen LogP contribution in [0.3, 0.4) is 0 Å². The van der Waals surface area contributed by atoms with Crippen LogP contribution in [0.25, 0.3) is 10.8 Å². The zero-order chi connectivity index (χ0) is 20.1. The monoisotopic (exact) mass is 402 g/mol. The van der Waals surface area contributed by atoms with Gasteiger partial charge in [0, 0.05) is 32.1 Å². The largest absolute Gasteiger partial charge is 0.343 e. The number of piperidine rings is 1. The fraction of sp³-hybridized carbons (Fsp3) is 0.500. The minimum atomic E-state index is -3.53. The zero-order valence-corrected chi connectivity index (χ0v) is 17.6. The second-order valence-corrected chi connectivity index (χ2v) is 9.40. The van der Waals surface area contributed by atoms with E-state index in [1.54, 1.807) is 12.1 Å². The molecule has 1 heterocycles. The molecule has 0 aromatic heterocycles. The Morgan fingerprint density at radius 3 is 2.39 bits per heavy atom. The third kappa shape index (κ3) is 4.39. The minimum absolute atomic E-state index is 0.0696. The van der Waals surface area contributed by atoms with E-state index in [1.807, 2.05) is 42.2 Å². The number of benzene rings is 2. The molecule has 0 bridgehead atoms. The molecule has 1 fully saturated rings. The highest BCUT2D eigenvalue weighted by molar-refractivity contribution is 7.89. The molecule has 0 N–H and O–H groups in total. The molecule has 0 spiro atoms. The van der Waals surface area contributed by atoms with Crippen molar-refractivity contribution in [2.75, 3.05) is 26.2 Å². The maximum Gasteiger partial charge on any atom is 0.243 e. The summed E-state index contributed by atoms with van der Waals surface area (Å²) in [5, 5.41) is 1.95. The van der Waals surface area contributed by atoms with Crippen LogP contribution in [0.1, 0.15) is 39.5 Å². The highest BCUT2D eigenvalue weighted by Crippen LogP contribution is 2.27. The van der Waals surface area contributed by atoms with Crippen LogP contribution in [-0.4, -0.2) is 49.7 Å². The Balaban J connectivity index is 1.68. The van der Waals surface area contributed by atoms with E-state index >= 15 is 0 Å². The summed E-state index contributed by atoms with van der Waals surface area (Å²) >= 11 is 0. The fourth-order valence-electron chi connectivity index (χ4n) is 3.85. The maximum absolute atomic E-state index is 13.1. The van der Waals surface area contributed by atoms with Gasteiger partial charge in [0.2, 0.25) is 15.9 Å². The van der Waals surface area contributed by atoms with Gasteiger partial charge in [-0.3, -0.25) is 4.79 Å². The Kier molecular flexibility index (Phi) is 6.73. The number of carbonyl (C=O) groups excluding carboxylic acids is 1. The third-order valence-electron chi connectivity index (χ3n) is 5.64. The van der Waals surface area contributed by atoms with Crippen molar-refractivity contribution >= 4 is 26.7 Å². The van der Waals surface area contributed by atoms with Crippen molar-refractivity contribution in [2.24, 2.45) is 5.92 Å². The molecule has 1 amide bonds. The molecule has 0 saturated carbocycles. The number of carbonyl (C=O) groups is 1. The first-order chi connectivity index (χ1) is 13.5. The molecule has 6 heteroatoms. The molecular weight excluding hydrogens is 372 g/mol. The van der Waals surface area contributed by atoms with Crippen LogP contribution in [0.5, 0.6) is 0 Å². The molecule has 5 nitrogen and oxygen atoms in total. The van der Waals surface area contributed by atoms with Crippen molar-refractivity contribution in [1.82, 2.24) is 9.21 Å². The number of nitrogens with zero attached hydrogens (tertiary/aromatic N) is 2. The first-order valence-corrected chi connectivity index (χ1v) is 11.7. The molecule has 0 unspecified atom stereocenters. The predicted octanol–water partition coefficient (Wildman–Crippen LogP) is 3.89. The summed E-state index contributed by atoms with van der Waals surface area (Å²) in [5.41, 5.74) is 0. The lowest BCUT2D eigenvalue weighted by Gasteiger charge is -2.33. The second kappa shape index (κ2) is 9.05. The van der Waals surface area contributed by atoms with Crippen molar-refractivity contribution in [1.29, 1.82) is 0 Å². The molecule has 3 rings (SSSR count). The molecule has 0 radical (unpaired) electrons. The molecular formula is C22H30N2O3S. The lowest BCUT2D eigenvalue weighted by molar-refractivity contribution is -0.136. The van der Waals surface area contributed by atoms with Gasteiger partial charge >= 0.3 is 0 Å². The number of fused-ring (bicyclic) bond motifs is 1. The molecule has 2 aromatic rings. The van der Waals surface area contributed by atoms with Crippen molar-refractivity contribution in [3.05, 3.63) is 42.5 Å². The van der Waals surface area contributed by atoms with E-state index in [0.717, 1.165) is 30.2 Å². The van der Waals surface area contributed by atoms with Crippen LogP contribution in [0.2, 0.25) is 0 Å². The van der Waals surface area contributed by atoms with Crippen molar-refractivity contribution in [3.8, 4) is 0 Å². The Morgan fingerprint density at radius 2 is 1.75 bits per heavy atom. The van der Waals surface area contributed by atoms with Gasteiger partial charge in [-0.25, -0.2) is 8.42 Å². The van der Waals surface area contributed by atoms with Crippen LogP contribution >= 0.6 is 0 Å². The fourth-order valence-corrected chi connectivity index (χ4v) is 5.36. The summed E-state index contributed by atoms with van der Waals surface area (Å²) in [6.07, 6.45) is 3.25. The Labute approximate surface area is 168 Å². The van der Waals surface area contributed by atoms with Crippen LogP contribution in [0, 0.1) is 5.92 Å². The Bertz CT molecular complexity index is 918. The van der Waals surface area contributed by atoms with E-state index in [9.17, 15) is 13.2 Å². The molecule has 1 aliphatic rings. The minimum Gasteiger partial charge on any atom is -0.343 e. The summed E-state index contributed by atoms with van der Waals surface area (Å²) in [5.74, 6) is 0.110. The topological polar surface area (TPSA) is 57.7 Å². The van der Waals surface area contributed by atoms with Gasteiger partial charge in [0.15, 0.2) is 0 Å². The molecule has 2 aromatic carbocycles. The number of amides is 1. The highest BCUT2D eigenvalue weighted by atomic mass is 32.2. The molecule has 1 saturated heterocycles. The second-order valence-electron chi connectivity index (χ2n) is 7.46. The smallest absolute Gasteiger partial charge is 0.243 e. The van der Waals surface area contributed by atoms with Gasteiger partial charge in [-0.15, -0.1) is 0 Å². The quantitative estimate of drug-likeness (QED) is 0.706. The molecule has 0 atom stereocenters. The number of hydrogen-bond acceptors (Lipinski definition) is 3. The Hall–Kier alpha value is -1.92. The van der Waals surface area contributed by atoms with E-state index < -0.39 is 10.0 Å². The van der Waals surface area contributed by atoms with Crippen molar-refractivity contribution in [2.45, 2.75) is 44.4 Å². The molecule has 152 valence electrons. The lowest BCUT2D eigenvalue weighted by atomic mass is 9.96. The molecule has 28 heavy (non-hydrogen) atoms. The summed E-state index contributed by atoms with van der Waals surface area (Å²) in [6.45, 7) is 6.44. The van der Waals surface area contributed by atoms with Gasteiger partial charge in [0.1, 0.15) is 0 Å². The van der Waals surface area contributed by atoms with Crippen LogP contribution in [0.15, 0.2) is 47.4 Å². The van der Waals surface area contributed by atoms with Gasteiger partial charge in [0.25, 0.3) is 0 Å². The van der Waals surface area contributed by atoms with Crippen molar-refractivity contribution < 1.29 is 13.2 Å². The lowest BCUT2D eigenvalue weighted by Crippen LogP contribution is -2.44. The summed E-state index contributed by atoms with van der Waals surface area (Å²) in [7, 11) is -3.53. The van der Waals surface area contributed by atoms with Gasteiger partial charge < -0.3 is 4.90 Å². The van der Waals surface area contributed by atoms with Crippen LogP contribution in [-0.2, 0) is 14.8 Å². The number of hydrogen-bond donors (Lipinski definition) is 0. The summed E-state index contributed by atoms with van der Waals surface area (Å²) in [4.78, 5) is 15.0. The van der Waals surface area contributed by atoms with E-state index in [-0.39, 0.29) is 11.8 Å². The SMILES string of the molecule is CCCCN(CC)C(=O)C1CCN(S(=O)(=O)c2ccc3ccccc3c2)CC1. The Morgan fingerprint density at radius 1 is 1.07 bits per heavy atom. The maximum atomic E-state index is 13.1. The number of rotatable bonds is 7. The predicted molar refractivity (Wildman–Crippen MR) is 113 cm³/mol. The average Bonchev–Trinajstić information content (AvgIpc) is 2.73. The summed E-state index contributed by atoms with van der Waals surface area (Å²) in [6, 6.07) is 13.0.